The fourth-order valence-electron chi connectivity index (χ4n) is 7.89. The number of allylic oxidation sites excluding steroid dienone is 4. The summed E-state index contributed by atoms with van der Waals surface area (Å²) in [6.45, 7) is 6.63. The maximum atomic E-state index is 12.8. The molecule has 0 bridgehead atoms. The van der Waals surface area contributed by atoms with Crippen LogP contribution in [0.4, 0.5) is 0 Å². The smallest absolute Gasteiger partial charge is 0.306 e. The van der Waals surface area contributed by atoms with E-state index in [1.54, 1.807) is 0 Å². The van der Waals surface area contributed by atoms with Crippen LogP contribution in [0.5, 0.6) is 0 Å². The maximum absolute atomic E-state index is 12.8. The predicted octanol–water partition coefficient (Wildman–Crippen LogP) is 17.5. The molecule has 0 spiro atoms. The van der Waals surface area contributed by atoms with E-state index in [2.05, 4.69) is 45.1 Å². The Morgan fingerprint density at radius 2 is 0.590 bits per heavy atom. The molecule has 6 nitrogen and oxygen atoms in total. The van der Waals surface area contributed by atoms with Crippen LogP contribution < -0.4 is 0 Å². The first-order valence-electron chi connectivity index (χ1n) is 26.8. The van der Waals surface area contributed by atoms with Crippen molar-refractivity contribution < 1.29 is 28.6 Å². The number of esters is 3. The molecule has 0 radical (unpaired) electrons. The number of rotatable bonds is 49. The van der Waals surface area contributed by atoms with Crippen molar-refractivity contribution in [2.24, 2.45) is 0 Å². The molecule has 0 N–H and O–H groups in total. The molecule has 1 unspecified atom stereocenters. The molecule has 0 aromatic rings. The van der Waals surface area contributed by atoms with Gasteiger partial charge in [-0.3, -0.25) is 14.4 Å². The second-order valence-corrected chi connectivity index (χ2v) is 18.2. The number of unbranched alkanes of at least 4 members (excludes halogenated alkanes) is 34. The lowest BCUT2D eigenvalue weighted by Crippen LogP contribution is -2.30. The number of hydrogen-bond acceptors (Lipinski definition) is 6. The van der Waals surface area contributed by atoms with Crippen LogP contribution in [0.2, 0.25) is 0 Å². The number of carbonyl (C=O) groups excluding carboxylic acids is 3. The molecule has 0 rings (SSSR count). The van der Waals surface area contributed by atoms with Crippen LogP contribution in [0.15, 0.2) is 24.3 Å². The van der Waals surface area contributed by atoms with Crippen molar-refractivity contribution in [2.45, 2.75) is 297 Å². The van der Waals surface area contributed by atoms with Gasteiger partial charge in [0, 0.05) is 19.3 Å². The van der Waals surface area contributed by atoms with Crippen LogP contribution in [0.25, 0.3) is 0 Å². The van der Waals surface area contributed by atoms with Crippen molar-refractivity contribution in [3.63, 3.8) is 0 Å². The van der Waals surface area contributed by atoms with E-state index in [9.17, 15) is 14.4 Å². The highest BCUT2D eigenvalue weighted by Gasteiger charge is 2.19. The summed E-state index contributed by atoms with van der Waals surface area (Å²) in [6, 6.07) is 0. The van der Waals surface area contributed by atoms with E-state index in [4.69, 9.17) is 14.2 Å². The van der Waals surface area contributed by atoms with Gasteiger partial charge in [-0.05, 0) is 51.4 Å². The van der Waals surface area contributed by atoms with Gasteiger partial charge < -0.3 is 14.2 Å². The molecule has 0 heterocycles. The molecule has 0 aromatic carbocycles. The summed E-state index contributed by atoms with van der Waals surface area (Å²) in [7, 11) is 0. The molecule has 0 saturated carbocycles. The molecule has 0 aliphatic carbocycles. The van der Waals surface area contributed by atoms with Crippen LogP contribution in [-0.2, 0) is 28.6 Å². The average molecular weight is 859 g/mol. The lowest BCUT2D eigenvalue weighted by atomic mass is 10.0. The quantitative estimate of drug-likeness (QED) is 0.0262. The van der Waals surface area contributed by atoms with Crippen LogP contribution >= 0.6 is 0 Å². The molecule has 0 fully saturated rings. The molecular formula is C55H102O6. The Kier molecular flexibility index (Phi) is 48.8. The van der Waals surface area contributed by atoms with Gasteiger partial charge in [0.1, 0.15) is 13.2 Å². The molecule has 0 aliphatic heterocycles. The molecule has 0 amide bonds. The zero-order chi connectivity index (χ0) is 44.4. The lowest BCUT2D eigenvalue weighted by molar-refractivity contribution is -0.167. The summed E-state index contributed by atoms with van der Waals surface area (Å²) in [6.07, 6.45) is 57.3. The van der Waals surface area contributed by atoms with Gasteiger partial charge in [-0.25, -0.2) is 0 Å². The van der Waals surface area contributed by atoms with Crippen molar-refractivity contribution in [2.75, 3.05) is 13.2 Å². The van der Waals surface area contributed by atoms with Gasteiger partial charge in [0.2, 0.25) is 0 Å². The van der Waals surface area contributed by atoms with Gasteiger partial charge in [0.05, 0.1) is 0 Å². The molecule has 6 heteroatoms. The normalized spacial score (nSPS) is 12.1. The largest absolute Gasteiger partial charge is 0.462 e. The number of carbonyl (C=O) groups is 3. The van der Waals surface area contributed by atoms with Gasteiger partial charge >= 0.3 is 17.9 Å². The van der Waals surface area contributed by atoms with E-state index >= 15 is 0 Å². The Bertz CT molecular complexity index is 989. The average Bonchev–Trinajstić information content (AvgIpc) is 3.26. The van der Waals surface area contributed by atoms with Gasteiger partial charge in [0.15, 0.2) is 6.10 Å². The van der Waals surface area contributed by atoms with Crippen LogP contribution in [0.3, 0.4) is 0 Å². The summed E-state index contributed by atoms with van der Waals surface area (Å²) in [5.74, 6) is -0.862. The van der Waals surface area contributed by atoms with Gasteiger partial charge in [-0.2, -0.15) is 0 Å². The fraction of sp³-hybridized carbons (Fsp3) is 0.873. The minimum absolute atomic E-state index is 0.0689. The minimum Gasteiger partial charge on any atom is -0.462 e. The van der Waals surface area contributed by atoms with E-state index in [1.165, 1.54) is 180 Å². The van der Waals surface area contributed by atoms with Crippen molar-refractivity contribution in [1.82, 2.24) is 0 Å². The third kappa shape index (κ3) is 48.8. The molecule has 0 saturated heterocycles. The fourth-order valence-corrected chi connectivity index (χ4v) is 7.89. The monoisotopic (exact) mass is 859 g/mol. The van der Waals surface area contributed by atoms with Crippen molar-refractivity contribution in [3.8, 4) is 0 Å². The topological polar surface area (TPSA) is 78.9 Å². The van der Waals surface area contributed by atoms with Gasteiger partial charge in [-0.1, -0.05) is 244 Å². The molecule has 1 atom stereocenters. The first-order valence-corrected chi connectivity index (χ1v) is 26.8. The first-order chi connectivity index (χ1) is 30.0. The van der Waals surface area contributed by atoms with Crippen molar-refractivity contribution in [1.29, 1.82) is 0 Å². The first kappa shape index (κ1) is 58.9. The summed E-state index contributed by atoms with van der Waals surface area (Å²) in [4.78, 5) is 38.0. The molecular weight excluding hydrogens is 757 g/mol. The SMILES string of the molecule is CCCCC/C=C\C/C=C\CCCCCCCCCC(=O)OCC(COC(=O)CCCCCCCCCCCC)OC(=O)CCCCCCCCCCCCCCCCCC. The molecule has 61 heavy (non-hydrogen) atoms. The maximum Gasteiger partial charge on any atom is 0.306 e. The summed E-state index contributed by atoms with van der Waals surface area (Å²) in [5, 5.41) is 0. The van der Waals surface area contributed by atoms with Crippen LogP contribution in [-0.4, -0.2) is 37.2 Å². The summed E-state index contributed by atoms with van der Waals surface area (Å²) < 4.78 is 16.8. The standard InChI is InChI=1S/C55H102O6/c1-4-7-10-13-16-19-22-24-26-28-30-31-33-36-39-42-45-48-54(57)60-51-52(50-59-53(56)47-44-41-38-35-21-18-15-12-9-6-3)61-55(58)49-46-43-40-37-34-32-29-27-25-23-20-17-14-11-8-5-2/h16,19,24,26,52H,4-15,17-18,20-23,25,27-51H2,1-3H3/b19-16-,26-24-. The van der Waals surface area contributed by atoms with Crippen molar-refractivity contribution in [3.05, 3.63) is 24.3 Å². The Balaban J connectivity index is 4.30. The zero-order valence-corrected chi connectivity index (χ0v) is 40.9. The van der Waals surface area contributed by atoms with Gasteiger partial charge in [0.25, 0.3) is 0 Å². The van der Waals surface area contributed by atoms with Crippen LogP contribution in [0.1, 0.15) is 290 Å². The highest BCUT2D eigenvalue weighted by molar-refractivity contribution is 5.71. The van der Waals surface area contributed by atoms with Gasteiger partial charge in [-0.15, -0.1) is 0 Å². The third-order valence-electron chi connectivity index (χ3n) is 12.0. The number of ether oxygens (including phenoxy) is 3. The molecule has 358 valence electrons. The third-order valence-corrected chi connectivity index (χ3v) is 12.0. The Hall–Kier alpha value is -2.11. The van der Waals surface area contributed by atoms with E-state index in [0.717, 1.165) is 70.6 Å². The second-order valence-electron chi connectivity index (χ2n) is 18.2. The Morgan fingerprint density at radius 1 is 0.328 bits per heavy atom. The zero-order valence-electron chi connectivity index (χ0n) is 40.9. The Labute approximate surface area is 379 Å². The minimum atomic E-state index is -0.768. The lowest BCUT2D eigenvalue weighted by Gasteiger charge is -2.18. The molecule has 0 aliphatic rings. The highest BCUT2D eigenvalue weighted by atomic mass is 16.6. The second kappa shape index (κ2) is 50.5. The summed E-state index contributed by atoms with van der Waals surface area (Å²) >= 11 is 0. The van der Waals surface area contributed by atoms with E-state index < -0.39 is 6.10 Å². The predicted molar refractivity (Wildman–Crippen MR) is 261 cm³/mol. The van der Waals surface area contributed by atoms with Crippen molar-refractivity contribution >= 4 is 17.9 Å². The van der Waals surface area contributed by atoms with E-state index in [0.29, 0.717) is 19.3 Å². The van der Waals surface area contributed by atoms with E-state index in [1.807, 2.05) is 0 Å². The molecule has 0 aromatic heterocycles. The highest BCUT2D eigenvalue weighted by Crippen LogP contribution is 2.16. The number of hydrogen-bond donors (Lipinski definition) is 0. The Morgan fingerprint density at radius 3 is 0.934 bits per heavy atom. The van der Waals surface area contributed by atoms with Crippen LogP contribution in [0, 0.1) is 0 Å². The summed E-state index contributed by atoms with van der Waals surface area (Å²) in [5.41, 5.74) is 0. The van der Waals surface area contributed by atoms with E-state index in [-0.39, 0.29) is 31.1 Å².